The normalized spacial score (nSPS) is 19.9. The van der Waals surface area contributed by atoms with E-state index in [2.05, 4.69) is 15.0 Å². The lowest BCUT2D eigenvalue weighted by atomic mass is 9.80. The number of aliphatic hydroxyl groups excluding tert-OH is 1. The van der Waals surface area contributed by atoms with Gasteiger partial charge in [0, 0.05) is 16.7 Å². The van der Waals surface area contributed by atoms with E-state index in [1.807, 2.05) is 78.9 Å². The number of aliphatic hydroxyl groups is 1. The molecule has 1 fully saturated rings. The molecule has 3 aromatic carbocycles. The van der Waals surface area contributed by atoms with E-state index in [0.717, 1.165) is 21.3 Å². The highest BCUT2D eigenvalue weighted by molar-refractivity contribution is 5.49. The Labute approximate surface area is 246 Å². The van der Waals surface area contributed by atoms with Crippen molar-refractivity contribution in [3.05, 3.63) is 139 Å². The third kappa shape index (κ3) is 5.64. The molecule has 0 aliphatic carbocycles. The second-order valence-corrected chi connectivity index (χ2v) is 10.0. The SMILES string of the molecule is COc1ccc(C(OC[C@H]2O[C@@H](n3cc(C)c(=O)[nH]c3=O)[C@H](N=[N+]=[N-])[C@@H]2O)(c2ccccc2)c2ccc(OC)cc2)cc1. The Balaban J connectivity index is 1.59. The summed E-state index contributed by atoms with van der Waals surface area (Å²) in [7, 11) is 3.17. The van der Waals surface area contributed by atoms with Crippen LogP contribution in [-0.2, 0) is 15.1 Å². The molecule has 5 rings (SSSR count). The minimum atomic E-state index is -1.33. The molecule has 0 unspecified atom stereocenters. The molecule has 2 N–H and O–H groups in total. The van der Waals surface area contributed by atoms with Crippen molar-refractivity contribution in [3.63, 3.8) is 0 Å². The van der Waals surface area contributed by atoms with Gasteiger partial charge in [0.2, 0.25) is 0 Å². The number of nitrogens with one attached hydrogen (secondary N) is 1. The van der Waals surface area contributed by atoms with Crippen molar-refractivity contribution in [3.8, 4) is 11.5 Å². The van der Waals surface area contributed by atoms with Crippen LogP contribution in [0.1, 0.15) is 28.5 Å². The quantitative estimate of drug-likeness (QED) is 0.124. The Morgan fingerprint density at radius 3 is 2.05 bits per heavy atom. The highest BCUT2D eigenvalue weighted by Crippen LogP contribution is 2.43. The second-order valence-electron chi connectivity index (χ2n) is 10.0. The fraction of sp³-hybridized carbons (Fsp3) is 0.290. The van der Waals surface area contributed by atoms with E-state index in [1.54, 1.807) is 14.2 Å². The Bertz CT molecular complexity index is 1670. The molecule has 12 nitrogen and oxygen atoms in total. The molecule has 12 heteroatoms. The van der Waals surface area contributed by atoms with E-state index in [1.165, 1.54) is 13.1 Å². The number of benzene rings is 3. The molecule has 1 aromatic heterocycles. The number of hydrogen-bond donors (Lipinski definition) is 2. The number of ether oxygens (including phenoxy) is 4. The average Bonchev–Trinajstić information content (AvgIpc) is 3.34. The molecule has 0 amide bonds. The molecule has 222 valence electrons. The van der Waals surface area contributed by atoms with Crippen molar-refractivity contribution in [1.82, 2.24) is 9.55 Å². The van der Waals surface area contributed by atoms with Gasteiger partial charge in [0.15, 0.2) is 0 Å². The van der Waals surface area contributed by atoms with Crippen LogP contribution in [0, 0.1) is 6.92 Å². The second kappa shape index (κ2) is 12.6. The van der Waals surface area contributed by atoms with Crippen LogP contribution >= 0.6 is 0 Å². The van der Waals surface area contributed by atoms with Crippen LogP contribution in [0.5, 0.6) is 11.5 Å². The van der Waals surface area contributed by atoms with Gasteiger partial charge in [0.05, 0.1) is 26.9 Å². The summed E-state index contributed by atoms with van der Waals surface area (Å²) in [5, 5.41) is 15.0. The van der Waals surface area contributed by atoms with Crippen LogP contribution in [0.4, 0.5) is 0 Å². The molecule has 43 heavy (non-hydrogen) atoms. The summed E-state index contributed by atoms with van der Waals surface area (Å²) >= 11 is 0. The summed E-state index contributed by atoms with van der Waals surface area (Å²) in [6.07, 6.45) is -2.22. The number of azide groups is 1. The predicted octanol–water partition coefficient (Wildman–Crippen LogP) is 3.81. The Morgan fingerprint density at radius 2 is 1.51 bits per heavy atom. The predicted molar refractivity (Wildman–Crippen MR) is 157 cm³/mol. The lowest BCUT2D eigenvalue weighted by molar-refractivity contribution is -0.0945. The maximum atomic E-state index is 12.7. The molecular formula is C31H31N5O7. The first-order chi connectivity index (χ1) is 20.8. The van der Waals surface area contributed by atoms with E-state index in [4.69, 9.17) is 18.9 Å². The van der Waals surface area contributed by atoms with Crippen molar-refractivity contribution >= 4 is 0 Å². The van der Waals surface area contributed by atoms with Crippen molar-refractivity contribution in [2.45, 2.75) is 37.0 Å². The summed E-state index contributed by atoms with van der Waals surface area (Å²) in [4.78, 5) is 29.7. The first-order valence-corrected chi connectivity index (χ1v) is 13.5. The van der Waals surface area contributed by atoms with Gasteiger partial charge in [-0.3, -0.25) is 14.3 Å². The van der Waals surface area contributed by atoms with Crippen LogP contribution < -0.4 is 20.7 Å². The number of aromatic nitrogens is 2. The van der Waals surface area contributed by atoms with Crippen LogP contribution in [0.3, 0.4) is 0 Å². The molecule has 1 saturated heterocycles. The summed E-state index contributed by atoms with van der Waals surface area (Å²) in [5.74, 6) is 1.33. The minimum absolute atomic E-state index is 0.168. The fourth-order valence-electron chi connectivity index (χ4n) is 5.34. The van der Waals surface area contributed by atoms with E-state index in [0.29, 0.717) is 11.5 Å². The first kappa shape index (κ1) is 29.6. The van der Waals surface area contributed by atoms with Crippen LogP contribution in [0.2, 0.25) is 0 Å². The molecule has 4 aromatic rings. The van der Waals surface area contributed by atoms with E-state index in [9.17, 15) is 20.2 Å². The minimum Gasteiger partial charge on any atom is -0.497 e. The molecule has 1 aliphatic heterocycles. The van der Waals surface area contributed by atoms with E-state index >= 15 is 0 Å². The van der Waals surface area contributed by atoms with Crippen molar-refractivity contribution in [1.29, 1.82) is 0 Å². The molecule has 0 radical (unpaired) electrons. The molecule has 0 spiro atoms. The topological polar surface area (TPSA) is 161 Å². The number of rotatable bonds is 10. The Hall–Kier alpha value is -4.87. The standard InChI is InChI=1S/C31H31N5O7/c1-19-17-36(30(39)33-28(19)38)29-26(34-35-32)27(37)25(43-29)18-42-31(20-7-5-4-6-8-20,21-9-13-23(40-2)14-10-21)22-11-15-24(41-3)16-12-22/h4-17,25-27,29,37H,18H2,1-3H3,(H,33,38,39)/t25-,26-,27-,29-/m1/s1. The summed E-state index contributed by atoms with van der Waals surface area (Å²) in [5.41, 5.74) is 9.33. The zero-order valence-corrected chi connectivity index (χ0v) is 23.8. The van der Waals surface area contributed by atoms with E-state index < -0.39 is 41.3 Å². The lowest BCUT2D eigenvalue weighted by Crippen LogP contribution is -2.39. The third-order valence-electron chi connectivity index (χ3n) is 7.58. The highest BCUT2D eigenvalue weighted by Gasteiger charge is 2.47. The van der Waals surface area contributed by atoms with Gasteiger partial charge in [0.1, 0.15) is 35.5 Å². The monoisotopic (exact) mass is 585 g/mol. The van der Waals surface area contributed by atoms with Gasteiger partial charge in [-0.1, -0.05) is 59.7 Å². The number of H-pyrrole nitrogens is 1. The molecule has 4 atom stereocenters. The number of aromatic amines is 1. The smallest absolute Gasteiger partial charge is 0.330 e. The van der Waals surface area contributed by atoms with Gasteiger partial charge < -0.3 is 24.1 Å². The van der Waals surface area contributed by atoms with E-state index in [-0.39, 0.29) is 12.2 Å². The zero-order valence-electron chi connectivity index (χ0n) is 23.8. The van der Waals surface area contributed by atoms with Crippen LogP contribution in [0.15, 0.2) is 99.8 Å². The molecular weight excluding hydrogens is 554 g/mol. The summed E-state index contributed by atoms with van der Waals surface area (Å²) < 4.78 is 24.9. The Kier molecular flexibility index (Phi) is 8.65. The lowest BCUT2D eigenvalue weighted by Gasteiger charge is -2.37. The van der Waals surface area contributed by atoms with Gasteiger partial charge in [-0.25, -0.2) is 4.79 Å². The summed E-state index contributed by atoms with van der Waals surface area (Å²) in [6.45, 7) is 1.36. The highest BCUT2D eigenvalue weighted by atomic mass is 16.6. The van der Waals surface area contributed by atoms with Crippen molar-refractivity contribution in [2.75, 3.05) is 20.8 Å². The fourth-order valence-corrected chi connectivity index (χ4v) is 5.34. The molecule has 0 saturated carbocycles. The van der Waals surface area contributed by atoms with Crippen LogP contribution in [-0.4, -0.2) is 53.7 Å². The van der Waals surface area contributed by atoms with Crippen LogP contribution in [0.25, 0.3) is 10.4 Å². The number of methoxy groups -OCH3 is 2. The average molecular weight is 586 g/mol. The van der Waals surface area contributed by atoms with Crippen molar-refractivity contribution in [2.24, 2.45) is 5.11 Å². The molecule has 1 aliphatic rings. The van der Waals surface area contributed by atoms with Gasteiger partial charge in [-0.05, 0) is 53.4 Å². The maximum Gasteiger partial charge on any atom is 0.330 e. The number of aryl methyl sites for hydroxylation is 1. The summed E-state index contributed by atoms with van der Waals surface area (Å²) in [6, 6.07) is 23.3. The zero-order chi connectivity index (χ0) is 30.6. The van der Waals surface area contributed by atoms with Gasteiger partial charge >= 0.3 is 5.69 Å². The number of hydrogen-bond acceptors (Lipinski definition) is 8. The number of nitrogens with zero attached hydrogens (tertiary/aromatic N) is 4. The largest absolute Gasteiger partial charge is 0.497 e. The first-order valence-electron chi connectivity index (χ1n) is 13.5. The Morgan fingerprint density at radius 1 is 0.953 bits per heavy atom. The maximum absolute atomic E-state index is 12.7. The van der Waals surface area contributed by atoms with Gasteiger partial charge in [0.25, 0.3) is 5.56 Å². The van der Waals surface area contributed by atoms with Gasteiger partial charge in [-0.2, -0.15) is 0 Å². The van der Waals surface area contributed by atoms with Gasteiger partial charge in [-0.15, -0.1) is 0 Å². The third-order valence-corrected chi connectivity index (χ3v) is 7.58. The molecule has 0 bridgehead atoms. The van der Waals surface area contributed by atoms with Crippen molar-refractivity contribution < 1.29 is 24.1 Å². The molecule has 2 heterocycles.